The summed E-state index contributed by atoms with van der Waals surface area (Å²) in [6.07, 6.45) is 1.48. The molecule has 1 atom stereocenters. The molecule has 7 heavy (non-hydrogen) atoms. The zero-order valence-electron chi connectivity index (χ0n) is 3.31. The van der Waals surface area contributed by atoms with E-state index in [-0.39, 0.29) is 10.8 Å². The van der Waals surface area contributed by atoms with Crippen LogP contribution in [0.15, 0.2) is 9.98 Å². The molecule has 0 fully saturated rings. The maximum absolute atomic E-state index is 5.39. The second-order valence-corrected chi connectivity index (χ2v) is 1.83. The summed E-state index contributed by atoms with van der Waals surface area (Å²) in [5, 5.41) is 0.236. The Balaban J connectivity index is 2.69. The van der Waals surface area contributed by atoms with E-state index in [4.69, 9.17) is 23.2 Å². The molecule has 0 bridgehead atoms. The van der Waals surface area contributed by atoms with E-state index in [1.807, 2.05) is 0 Å². The lowest BCUT2D eigenvalue weighted by molar-refractivity contribution is 1.27. The summed E-state index contributed by atoms with van der Waals surface area (Å²) in [4.78, 5) is 7.19. The molecule has 1 aliphatic heterocycles. The summed E-state index contributed by atoms with van der Waals surface area (Å²) < 4.78 is 0. The van der Waals surface area contributed by atoms with Crippen molar-refractivity contribution < 1.29 is 0 Å². The molecule has 2 nitrogen and oxygen atoms in total. The quantitative estimate of drug-likeness (QED) is 0.354. The van der Waals surface area contributed by atoms with Crippen molar-refractivity contribution >= 4 is 34.7 Å². The fourth-order valence-electron chi connectivity index (χ4n) is 0.291. The highest BCUT2D eigenvalue weighted by molar-refractivity contribution is 6.66. The highest BCUT2D eigenvalue weighted by atomic mass is 35.5. The van der Waals surface area contributed by atoms with Crippen molar-refractivity contribution in [1.29, 1.82) is 0 Å². The van der Waals surface area contributed by atoms with E-state index in [1.165, 1.54) is 6.21 Å². The molecule has 0 saturated heterocycles. The Bertz CT molecular complexity index is 129. The lowest BCUT2D eigenvalue weighted by Crippen LogP contribution is -1.86. The Morgan fingerprint density at radius 3 is 2.57 bits per heavy atom. The fraction of sp³-hybridized carbons (Fsp3) is 0.333. The van der Waals surface area contributed by atoms with Crippen molar-refractivity contribution in [2.75, 3.05) is 0 Å². The molecule has 38 valence electrons. The van der Waals surface area contributed by atoms with Gasteiger partial charge in [-0.05, 0) is 11.6 Å². The van der Waals surface area contributed by atoms with E-state index < -0.39 is 0 Å². The second-order valence-electron chi connectivity index (χ2n) is 1.05. The molecule has 0 N–H and O–H groups in total. The van der Waals surface area contributed by atoms with Gasteiger partial charge in [0.15, 0.2) is 5.50 Å². The Morgan fingerprint density at radius 1 is 1.71 bits per heavy atom. The maximum Gasteiger partial charge on any atom is 0.219 e. The summed E-state index contributed by atoms with van der Waals surface area (Å²) in [6.45, 7) is 0. The van der Waals surface area contributed by atoms with Crippen LogP contribution in [0, 0.1) is 0 Å². The highest BCUT2D eigenvalue weighted by Gasteiger charge is 2.04. The summed E-state index contributed by atoms with van der Waals surface area (Å²) in [7, 11) is 0. The number of nitrogens with zero attached hydrogens (tertiary/aromatic N) is 2. The lowest BCUT2D eigenvalue weighted by Gasteiger charge is -1.79. The Labute approximate surface area is 50.9 Å². The van der Waals surface area contributed by atoms with Crippen LogP contribution in [0.5, 0.6) is 0 Å². The molecule has 0 aromatic carbocycles. The van der Waals surface area contributed by atoms with Gasteiger partial charge in [-0.2, -0.15) is 0 Å². The molecule has 0 spiro atoms. The van der Waals surface area contributed by atoms with E-state index in [2.05, 4.69) is 9.98 Å². The topological polar surface area (TPSA) is 24.7 Å². The minimum absolute atomic E-state index is 0.236. The van der Waals surface area contributed by atoms with Gasteiger partial charge in [-0.3, -0.25) is 0 Å². The van der Waals surface area contributed by atoms with Crippen molar-refractivity contribution in [2.45, 2.75) is 5.50 Å². The summed E-state index contributed by atoms with van der Waals surface area (Å²) in [5.41, 5.74) is -0.340. The first-order valence-electron chi connectivity index (χ1n) is 1.70. The van der Waals surface area contributed by atoms with Crippen LogP contribution in [-0.4, -0.2) is 17.0 Å². The number of rotatable bonds is 0. The molecule has 0 aliphatic carbocycles. The first-order chi connectivity index (χ1) is 3.29. The molecular weight excluding hydrogens is 135 g/mol. The van der Waals surface area contributed by atoms with E-state index in [0.29, 0.717) is 0 Å². The van der Waals surface area contributed by atoms with Crippen molar-refractivity contribution in [3.05, 3.63) is 0 Å². The predicted octanol–water partition coefficient (Wildman–Crippen LogP) is 1.23. The fourth-order valence-corrected chi connectivity index (χ4v) is 0.652. The molecule has 4 heteroatoms. The molecule has 0 aromatic rings. The molecule has 0 aromatic heterocycles. The van der Waals surface area contributed by atoms with Gasteiger partial charge in [0.05, 0.1) is 0 Å². The first kappa shape index (κ1) is 5.06. The Kier molecular flexibility index (Phi) is 1.30. The number of aliphatic imine (C=N–C) groups is 2. The SMILES string of the molecule is ClC1=NC(Cl)C=N1. The molecule has 1 rings (SSSR count). The van der Waals surface area contributed by atoms with Gasteiger partial charge in [-0.1, -0.05) is 11.6 Å². The number of hydrogen-bond donors (Lipinski definition) is 0. The van der Waals surface area contributed by atoms with Crippen LogP contribution in [0.3, 0.4) is 0 Å². The van der Waals surface area contributed by atoms with Gasteiger partial charge < -0.3 is 0 Å². The molecule has 1 unspecified atom stereocenters. The average Bonchev–Trinajstić information content (AvgIpc) is 1.87. The van der Waals surface area contributed by atoms with Crippen LogP contribution in [0.2, 0.25) is 0 Å². The van der Waals surface area contributed by atoms with E-state index >= 15 is 0 Å². The number of hydrogen-bond acceptors (Lipinski definition) is 2. The van der Waals surface area contributed by atoms with Gasteiger partial charge in [0.2, 0.25) is 5.29 Å². The molecule has 1 aliphatic rings. The first-order valence-corrected chi connectivity index (χ1v) is 2.52. The van der Waals surface area contributed by atoms with Crippen molar-refractivity contribution in [3.63, 3.8) is 0 Å². The predicted molar refractivity (Wildman–Crippen MR) is 31.4 cm³/mol. The van der Waals surface area contributed by atoms with E-state index in [1.54, 1.807) is 0 Å². The van der Waals surface area contributed by atoms with Gasteiger partial charge >= 0.3 is 0 Å². The zero-order chi connectivity index (χ0) is 5.28. The highest BCUT2D eigenvalue weighted by Crippen LogP contribution is 2.04. The average molecular weight is 137 g/mol. The van der Waals surface area contributed by atoms with Gasteiger partial charge in [-0.15, -0.1) is 0 Å². The van der Waals surface area contributed by atoms with Crippen LogP contribution in [0.25, 0.3) is 0 Å². The standard InChI is InChI=1S/C3H2Cl2N2/c4-2-1-6-3(5)7-2/h1-2H. The Hall–Kier alpha value is -0.0800. The van der Waals surface area contributed by atoms with Gasteiger partial charge in [0.1, 0.15) is 0 Å². The molecule has 0 saturated carbocycles. The summed E-state index contributed by atoms with van der Waals surface area (Å²) in [6, 6.07) is 0. The number of amidine groups is 1. The summed E-state index contributed by atoms with van der Waals surface area (Å²) in [5.74, 6) is 0. The number of halogens is 2. The second kappa shape index (κ2) is 1.80. The van der Waals surface area contributed by atoms with Gasteiger partial charge in [-0.25, -0.2) is 9.98 Å². The van der Waals surface area contributed by atoms with E-state index in [0.717, 1.165) is 0 Å². The smallest absolute Gasteiger partial charge is 0.219 e. The van der Waals surface area contributed by atoms with Gasteiger partial charge in [0.25, 0.3) is 0 Å². The minimum atomic E-state index is -0.340. The van der Waals surface area contributed by atoms with Crippen LogP contribution >= 0.6 is 23.2 Å². The van der Waals surface area contributed by atoms with E-state index in [9.17, 15) is 0 Å². The van der Waals surface area contributed by atoms with Crippen LogP contribution < -0.4 is 0 Å². The Morgan fingerprint density at radius 2 is 2.43 bits per heavy atom. The minimum Gasteiger partial charge on any atom is -0.231 e. The molecule has 1 heterocycles. The van der Waals surface area contributed by atoms with Crippen molar-refractivity contribution in [3.8, 4) is 0 Å². The van der Waals surface area contributed by atoms with Crippen LogP contribution in [-0.2, 0) is 0 Å². The van der Waals surface area contributed by atoms with Crippen molar-refractivity contribution in [2.24, 2.45) is 9.98 Å². The van der Waals surface area contributed by atoms with Crippen molar-refractivity contribution in [1.82, 2.24) is 0 Å². The molecule has 0 amide bonds. The van der Waals surface area contributed by atoms with Crippen LogP contribution in [0.4, 0.5) is 0 Å². The number of alkyl halides is 1. The van der Waals surface area contributed by atoms with Gasteiger partial charge in [0, 0.05) is 6.21 Å². The maximum atomic E-state index is 5.39. The zero-order valence-corrected chi connectivity index (χ0v) is 4.82. The summed E-state index contributed by atoms with van der Waals surface area (Å²) >= 11 is 10.7. The third-order valence-corrected chi connectivity index (χ3v) is 0.939. The normalized spacial score (nSPS) is 28.3. The monoisotopic (exact) mass is 136 g/mol. The molecular formula is C3H2Cl2N2. The largest absolute Gasteiger partial charge is 0.231 e. The third-order valence-electron chi connectivity index (χ3n) is 0.534. The molecule has 0 radical (unpaired) electrons. The van der Waals surface area contributed by atoms with Crippen LogP contribution in [0.1, 0.15) is 0 Å². The lowest BCUT2D eigenvalue weighted by atomic mass is 10.8. The third kappa shape index (κ3) is 1.14.